The molecule has 1 aromatic heterocycles. The van der Waals surface area contributed by atoms with Gasteiger partial charge in [-0.1, -0.05) is 11.6 Å². The maximum Gasteiger partial charge on any atom is 0.348 e. The molecular weight excluding hydrogens is 282 g/mol. The molecule has 1 fully saturated rings. The number of hydrogen-bond donors (Lipinski definition) is 0. The van der Waals surface area contributed by atoms with E-state index in [0.717, 1.165) is 18.8 Å². The van der Waals surface area contributed by atoms with Crippen molar-refractivity contribution in [3.63, 3.8) is 0 Å². The minimum Gasteiger partial charge on any atom is -0.422 e. The van der Waals surface area contributed by atoms with Crippen molar-refractivity contribution in [1.29, 1.82) is 0 Å². The summed E-state index contributed by atoms with van der Waals surface area (Å²) in [5, 5.41) is 0.699. The van der Waals surface area contributed by atoms with Gasteiger partial charge in [0.1, 0.15) is 11.1 Å². The SMILES string of the molecule is O=Cc1c(Cl)c2ccc(N3CCOCC3)cc2oc1=O. The summed E-state index contributed by atoms with van der Waals surface area (Å²) in [6.07, 6.45) is 0.420. The van der Waals surface area contributed by atoms with E-state index in [0.29, 0.717) is 30.5 Å². The molecule has 2 heterocycles. The number of hydrogen-bond acceptors (Lipinski definition) is 5. The van der Waals surface area contributed by atoms with E-state index in [-0.39, 0.29) is 10.6 Å². The van der Waals surface area contributed by atoms with Crippen LogP contribution in [-0.4, -0.2) is 32.6 Å². The third-order valence-electron chi connectivity index (χ3n) is 3.35. The van der Waals surface area contributed by atoms with Crippen molar-refractivity contribution < 1.29 is 13.9 Å². The van der Waals surface area contributed by atoms with Crippen LogP contribution >= 0.6 is 11.6 Å². The Bertz CT molecular complexity index is 719. The molecule has 0 bridgehead atoms. The molecule has 3 rings (SSSR count). The number of carbonyl (C=O) groups excluding carboxylic acids is 1. The van der Waals surface area contributed by atoms with E-state index in [2.05, 4.69) is 4.90 Å². The number of nitrogens with zero attached hydrogens (tertiary/aromatic N) is 1. The van der Waals surface area contributed by atoms with Crippen molar-refractivity contribution in [3.8, 4) is 0 Å². The first kappa shape index (κ1) is 13.1. The number of rotatable bonds is 2. The Labute approximate surface area is 119 Å². The molecule has 1 saturated heterocycles. The monoisotopic (exact) mass is 293 g/mol. The van der Waals surface area contributed by atoms with Crippen LogP contribution in [0.3, 0.4) is 0 Å². The van der Waals surface area contributed by atoms with Gasteiger partial charge in [-0.3, -0.25) is 4.79 Å². The number of fused-ring (bicyclic) bond motifs is 1. The lowest BCUT2D eigenvalue weighted by atomic mass is 10.1. The van der Waals surface area contributed by atoms with E-state index >= 15 is 0 Å². The zero-order chi connectivity index (χ0) is 14.1. The van der Waals surface area contributed by atoms with Gasteiger partial charge in [0.15, 0.2) is 6.29 Å². The molecule has 104 valence electrons. The summed E-state index contributed by atoms with van der Waals surface area (Å²) < 4.78 is 10.5. The smallest absolute Gasteiger partial charge is 0.348 e. The van der Waals surface area contributed by atoms with Crippen LogP contribution in [0.2, 0.25) is 5.02 Å². The van der Waals surface area contributed by atoms with Gasteiger partial charge >= 0.3 is 5.63 Å². The lowest BCUT2D eigenvalue weighted by Crippen LogP contribution is -2.36. The summed E-state index contributed by atoms with van der Waals surface area (Å²) in [6.45, 7) is 2.92. The van der Waals surface area contributed by atoms with Crippen molar-refractivity contribution in [3.05, 3.63) is 39.2 Å². The lowest BCUT2D eigenvalue weighted by molar-refractivity contribution is 0.112. The number of aldehydes is 1. The molecule has 0 unspecified atom stereocenters. The summed E-state index contributed by atoms with van der Waals surface area (Å²) in [6, 6.07) is 5.43. The van der Waals surface area contributed by atoms with Crippen LogP contribution in [0.25, 0.3) is 11.0 Å². The summed E-state index contributed by atoms with van der Waals surface area (Å²) in [5.74, 6) is 0. The van der Waals surface area contributed by atoms with Crippen LogP contribution < -0.4 is 10.5 Å². The molecule has 0 radical (unpaired) electrons. The summed E-state index contributed by atoms with van der Waals surface area (Å²) in [7, 11) is 0. The van der Waals surface area contributed by atoms with Crippen molar-refractivity contribution in [2.45, 2.75) is 0 Å². The minimum atomic E-state index is -0.711. The second kappa shape index (κ2) is 5.26. The fourth-order valence-electron chi connectivity index (χ4n) is 2.28. The standard InChI is InChI=1S/C14H12ClNO4/c15-13-10-2-1-9(16-3-5-19-6-4-16)7-12(10)20-14(18)11(13)8-17/h1-2,7-8H,3-6H2. The molecule has 1 aromatic carbocycles. The largest absolute Gasteiger partial charge is 0.422 e. The van der Waals surface area contributed by atoms with Gasteiger partial charge in [-0.05, 0) is 12.1 Å². The first-order valence-electron chi connectivity index (χ1n) is 6.25. The Hall–Kier alpha value is -1.85. The van der Waals surface area contributed by atoms with Crippen LogP contribution in [0.4, 0.5) is 5.69 Å². The van der Waals surface area contributed by atoms with E-state index in [1.54, 1.807) is 12.1 Å². The van der Waals surface area contributed by atoms with Crippen LogP contribution in [0.1, 0.15) is 10.4 Å². The highest BCUT2D eigenvalue weighted by atomic mass is 35.5. The van der Waals surface area contributed by atoms with Crippen molar-refractivity contribution in [2.24, 2.45) is 0 Å². The van der Waals surface area contributed by atoms with E-state index in [1.807, 2.05) is 6.07 Å². The van der Waals surface area contributed by atoms with Gasteiger partial charge in [-0.25, -0.2) is 4.79 Å². The molecule has 0 saturated carbocycles. The first-order valence-corrected chi connectivity index (χ1v) is 6.63. The van der Waals surface area contributed by atoms with Gasteiger partial charge in [0.25, 0.3) is 0 Å². The Kier molecular flexibility index (Phi) is 3.46. The van der Waals surface area contributed by atoms with Crippen molar-refractivity contribution in [1.82, 2.24) is 0 Å². The molecule has 20 heavy (non-hydrogen) atoms. The fourth-order valence-corrected chi connectivity index (χ4v) is 2.56. The quantitative estimate of drug-likeness (QED) is 0.627. The number of carbonyl (C=O) groups is 1. The van der Waals surface area contributed by atoms with E-state index in [9.17, 15) is 9.59 Å². The number of ether oxygens (including phenoxy) is 1. The molecule has 6 heteroatoms. The van der Waals surface area contributed by atoms with Crippen LogP contribution in [0, 0.1) is 0 Å². The molecule has 0 N–H and O–H groups in total. The Morgan fingerprint density at radius 3 is 2.70 bits per heavy atom. The zero-order valence-corrected chi connectivity index (χ0v) is 11.4. The second-order valence-electron chi connectivity index (χ2n) is 4.51. The van der Waals surface area contributed by atoms with E-state index in [4.69, 9.17) is 20.8 Å². The number of halogens is 1. The highest BCUT2D eigenvalue weighted by Crippen LogP contribution is 2.28. The maximum absolute atomic E-state index is 11.7. The van der Waals surface area contributed by atoms with Gasteiger partial charge in [0.2, 0.25) is 0 Å². The predicted octanol–water partition coefficient (Wildman–Crippen LogP) is 2.10. The third kappa shape index (κ3) is 2.19. The van der Waals surface area contributed by atoms with Crippen molar-refractivity contribution in [2.75, 3.05) is 31.2 Å². The molecule has 2 aromatic rings. The topological polar surface area (TPSA) is 59.8 Å². The zero-order valence-electron chi connectivity index (χ0n) is 10.6. The van der Waals surface area contributed by atoms with Gasteiger partial charge in [0.05, 0.1) is 18.2 Å². The molecule has 0 spiro atoms. The average Bonchev–Trinajstić information content (AvgIpc) is 2.48. The molecule has 0 aliphatic carbocycles. The normalized spacial score (nSPS) is 15.6. The van der Waals surface area contributed by atoms with Crippen LogP contribution in [0.15, 0.2) is 27.4 Å². The van der Waals surface area contributed by atoms with Gasteiger partial charge in [-0.2, -0.15) is 0 Å². The Balaban J connectivity index is 2.12. The van der Waals surface area contributed by atoms with E-state index < -0.39 is 5.63 Å². The molecule has 0 atom stereocenters. The summed E-state index contributed by atoms with van der Waals surface area (Å²) in [5.41, 5.74) is 0.475. The minimum absolute atomic E-state index is 0.139. The first-order chi connectivity index (χ1) is 9.70. The molecule has 0 amide bonds. The Morgan fingerprint density at radius 1 is 1.25 bits per heavy atom. The summed E-state index contributed by atoms with van der Waals surface area (Å²) >= 11 is 6.06. The van der Waals surface area contributed by atoms with Crippen LogP contribution in [0.5, 0.6) is 0 Å². The van der Waals surface area contributed by atoms with Gasteiger partial charge in [-0.15, -0.1) is 0 Å². The number of anilines is 1. The highest BCUT2D eigenvalue weighted by Gasteiger charge is 2.15. The number of morpholine rings is 1. The number of benzene rings is 1. The van der Waals surface area contributed by atoms with Crippen molar-refractivity contribution >= 4 is 34.5 Å². The lowest BCUT2D eigenvalue weighted by Gasteiger charge is -2.28. The average molecular weight is 294 g/mol. The molecule has 5 nitrogen and oxygen atoms in total. The molecule has 1 aliphatic heterocycles. The molecule has 1 aliphatic rings. The fraction of sp³-hybridized carbons (Fsp3) is 0.286. The van der Waals surface area contributed by atoms with Gasteiger partial charge in [0, 0.05) is 30.2 Å². The molecular formula is C14H12ClNO4. The predicted molar refractivity (Wildman–Crippen MR) is 75.9 cm³/mol. The maximum atomic E-state index is 11.7. The van der Waals surface area contributed by atoms with Gasteiger partial charge < -0.3 is 14.1 Å². The van der Waals surface area contributed by atoms with E-state index in [1.165, 1.54) is 0 Å². The highest BCUT2D eigenvalue weighted by molar-refractivity contribution is 6.37. The second-order valence-corrected chi connectivity index (χ2v) is 4.89. The van der Waals surface area contributed by atoms with Crippen LogP contribution in [-0.2, 0) is 4.74 Å². The summed E-state index contributed by atoms with van der Waals surface area (Å²) in [4.78, 5) is 24.6. The third-order valence-corrected chi connectivity index (χ3v) is 3.76. The Morgan fingerprint density at radius 2 is 2.00 bits per heavy atom.